The van der Waals surface area contributed by atoms with E-state index in [0.29, 0.717) is 6.42 Å². The molecule has 1 N–H and O–H groups in total. The lowest BCUT2D eigenvalue weighted by Crippen LogP contribution is -2.21. The molecule has 0 aliphatic heterocycles. The lowest BCUT2D eigenvalue weighted by molar-refractivity contribution is -0.385. The van der Waals surface area contributed by atoms with Gasteiger partial charge in [0.25, 0.3) is 0 Å². The van der Waals surface area contributed by atoms with E-state index in [1.54, 1.807) is 13.8 Å². The first-order chi connectivity index (χ1) is 8.33. The van der Waals surface area contributed by atoms with Crippen molar-refractivity contribution >= 4 is 5.69 Å². The van der Waals surface area contributed by atoms with Crippen LogP contribution in [0.1, 0.15) is 25.8 Å². The number of hydrogen-bond donors (Lipinski definition) is 1. The maximum Gasteiger partial charge on any atom is 0.312 e. The fourth-order valence-electron chi connectivity index (χ4n) is 1.26. The Kier molecular flexibility index (Phi) is 4.23. The summed E-state index contributed by atoms with van der Waals surface area (Å²) >= 11 is 0. The molecule has 18 heavy (non-hydrogen) atoms. The molecule has 0 amide bonds. The number of ether oxygens (including phenoxy) is 1. The molecule has 0 aliphatic rings. The van der Waals surface area contributed by atoms with Crippen LogP contribution in [-0.4, -0.2) is 22.2 Å². The van der Waals surface area contributed by atoms with Gasteiger partial charge in [0, 0.05) is 12.5 Å². The van der Waals surface area contributed by atoms with Gasteiger partial charge in [0.1, 0.15) is 0 Å². The summed E-state index contributed by atoms with van der Waals surface area (Å²) in [5.74, 6) is 0.100. The van der Waals surface area contributed by atoms with Crippen LogP contribution in [0.3, 0.4) is 0 Å². The average molecular weight is 250 g/mol. The smallest absolute Gasteiger partial charge is 0.312 e. The number of nitrogens with zero attached hydrogens (tertiary/aromatic N) is 2. The Morgan fingerprint density at radius 3 is 2.72 bits per heavy atom. The van der Waals surface area contributed by atoms with Crippen molar-refractivity contribution in [2.24, 2.45) is 0 Å². The first-order valence-electron chi connectivity index (χ1n) is 5.37. The highest BCUT2D eigenvalue weighted by atomic mass is 16.6. The van der Waals surface area contributed by atoms with E-state index >= 15 is 0 Å². The molecule has 6 heteroatoms. The van der Waals surface area contributed by atoms with Crippen LogP contribution in [0.5, 0.6) is 5.75 Å². The Hall–Kier alpha value is -2.13. The summed E-state index contributed by atoms with van der Waals surface area (Å²) in [5.41, 5.74) is -0.928. The number of nitro benzene ring substituents is 1. The van der Waals surface area contributed by atoms with Crippen LogP contribution in [-0.2, 0) is 0 Å². The van der Waals surface area contributed by atoms with Gasteiger partial charge in [-0.05, 0) is 26.0 Å². The number of hydrogen-bond acceptors (Lipinski definition) is 5. The molecule has 0 radical (unpaired) electrons. The molecule has 0 heterocycles. The summed E-state index contributed by atoms with van der Waals surface area (Å²) in [7, 11) is 0. The summed E-state index contributed by atoms with van der Waals surface area (Å²) in [5, 5.41) is 29.0. The standard InChI is InChI=1S/C12H14N2O4/c1-12(2,15)5-6-18-11-4-3-9(8-13)7-10(11)14(16)17/h3-4,7,15H,5-6H2,1-2H3. The zero-order chi connectivity index (χ0) is 13.8. The number of nitro groups is 1. The summed E-state index contributed by atoms with van der Waals surface area (Å²) < 4.78 is 5.26. The monoisotopic (exact) mass is 250 g/mol. The lowest BCUT2D eigenvalue weighted by Gasteiger charge is -2.16. The number of benzene rings is 1. The molecule has 0 aliphatic carbocycles. The van der Waals surface area contributed by atoms with Gasteiger partial charge in [0.05, 0.1) is 28.8 Å². The van der Waals surface area contributed by atoms with Crippen molar-refractivity contribution in [3.8, 4) is 11.8 Å². The predicted molar refractivity (Wildman–Crippen MR) is 64.2 cm³/mol. The Morgan fingerprint density at radius 1 is 1.56 bits per heavy atom. The molecule has 1 rings (SSSR count). The Bertz CT molecular complexity index is 486. The molecule has 0 saturated heterocycles. The molecule has 1 aromatic carbocycles. The molecule has 6 nitrogen and oxygen atoms in total. The van der Waals surface area contributed by atoms with Crippen LogP contribution in [0, 0.1) is 21.4 Å². The van der Waals surface area contributed by atoms with Gasteiger partial charge in [-0.1, -0.05) is 0 Å². The summed E-state index contributed by atoms with van der Waals surface area (Å²) in [6, 6.07) is 5.84. The third kappa shape index (κ3) is 4.03. The van der Waals surface area contributed by atoms with Crippen molar-refractivity contribution in [3.63, 3.8) is 0 Å². The van der Waals surface area contributed by atoms with E-state index in [2.05, 4.69) is 0 Å². The van der Waals surface area contributed by atoms with Gasteiger partial charge in [-0.15, -0.1) is 0 Å². The number of aliphatic hydroxyl groups is 1. The maximum atomic E-state index is 10.8. The maximum absolute atomic E-state index is 10.8. The van der Waals surface area contributed by atoms with Crippen LogP contribution in [0.15, 0.2) is 18.2 Å². The lowest BCUT2D eigenvalue weighted by atomic mass is 10.1. The van der Waals surface area contributed by atoms with E-state index in [4.69, 9.17) is 10.00 Å². The van der Waals surface area contributed by atoms with Gasteiger partial charge >= 0.3 is 5.69 Å². The molecular weight excluding hydrogens is 236 g/mol. The van der Waals surface area contributed by atoms with Gasteiger partial charge in [0.2, 0.25) is 0 Å². The van der Waals surface area contributed by atoms with Crippen molar-refractivity contribution in [2.75, 3.05) is 6.61 Å². The molecule has 96 valence electrons. The Labute approximate surface area is 105 Å². The SMILES string of the molecule is CC(C)(O)CCOc1ccc(C#N)cc1[N+](=O)[O-]. The average Bonchev–Trinajstić information content (AvgIpc) is 2.27. The van der Waals surface area contributed by atoms with E-state index in [9.17, 15) is 15.2 Å². The van der Waals surface area contributed by atoms with E-state index in [0.717, 1.165) is 0 Å². The van der Waals surface area contributed by atoms with E-state index in [1.807, 2.05) is 6.07 Å². The first kappa shape index (κ1) is 13.9. The molecule has 0 atom stereocenters. The predicted octanol–water partition coefficient (Wildman–Crippen LogP) is 2.01. The van der Waals surface area contributed by atoms with Crippen LogP contribution in [0.2, 0.25) is 0 Å². The van der Waals surface area contributed by atoms with Gasteiger partial charge in [-0.2, -0.15) is 5.26 Å². The molecule has 0 bridgehead atoms. The topological polar surface area (TPSA) is 96.4 Å². The van der Waals surface area contributed by atoms with Crippen LogP contribution in [0.4, 0.5) is 5.69 Å². The summed E-state index contributed by atoms with van der Waals surface area (Å²) in [4.78, 5) is 10.2. The van der Waals surface area contributed by atoms with Crippen molar-refractivity contribution in [3.05, 3.63) is 33.9 Å². The molecule has 0 unspecified atom stereocenters. The van der Waals surface area contributed by atoms with Crippen LogP contribution < -0.4 is 4.74 Å². The first-order valence-corrected chi connectivity index (χ1v) is 5.37. The quantitative estimate of drug-likeness (QED) is 0.636. The van der Waals surface area contributed by atoms with Crippen molar-refractivity contribution in [1.29, 1.82) is 5.26 Å². The number of rotatable bonds is 5. The normalized spacial score (nSPS) is 10.8. The number of nitriles is 1. The van der Waals surface area contributed by atoms with Crippen LogP contribution >= 0.6 is 0 Å². The fraction of sp³-hybridized carbons (Fsp3) is 0.417. The summed E-state index contributed by atoms with van der Waals surface area (Å²) in [6.07, 6.45) is 0.351. The minimum Gasteiger partial charge on any atom is -0.487 e. The Morgan fingerprint density at radius 2 is 2.22 bits per heavy atom. The minimum atomic E-state index is -0.888. The van der Waals surface area contributed by atoms with Gasteiger partial charge in [-0.25, -0.2) is 0 Å². The second kappa shape index (κ2) is 5.47. The second-order valence-corrected chi connectivity index (χ2v) is 4.46. The highest BCUT2D eigenvalue weighted by Crippen LogP contribution is 2.28. The van der Waals surface area contributed by atoms with E-state index < -0.39 is 10.5 Å². The summed E-state index contributed by atoms with van der Waals surface area (Å²) in [6.45, 7) is 3.42. The molecule has 0 aromatic heterocycles. The second-order valence-electron chi connectivity index (χ2n) is 4.46. The highest BCUT2D eigenvalue weighted by Gasteiger charge is 2.18. The fourth-order valence-corrected chi connectivity index (χ4v) is 1.26. The molecule has 1 aromatic rings. The van der Waals surface area contributed by atoms with Crippen LogP contribution in [0.25, 0.3) is 0 Å². The largest absolute Gasteiger partial charge is 0.487 e. The Balaban J connectivity index is 2.83. The molecule has 0 saturated carbocycles. The molecule has 0 spiro atoms. The zero-order valence-electron chi connectivity index (χ0n) is 10.2. The third-order valence-corrected chi connectivity index (χ3v) is 2.26. The van der Waals surface area contributed by atoms with Gasteiger partial charge in [-0.3, -0.25) is 10.1 Å². The molecular formula is C12H14N2O4. The highest BCUT2D eigenvalue weighted by molar-refractivity contribution is 5.51. The van der Waals surface area contributed by atoms with Crippen molar-refractivity contribution in [2.45, 2.75) is 25.9 Å². The van der Waals surface area contributed by atoms with E-state index in [1.165, 1.54) is 18.2 Å². The van der Waals surface area contributed by atoms with Crippen molar-refractivity contribution < 1.29 is 14.8 Å². The minimum absolute atomic E-state index is 0.100. The van der Waals surface area contributed by atoms with Gasteiger partial charge < -0.3 is 9.84 Å². The van der Waals surface area contributed by atoms with Gasteiger partial charge in [0.15, 0.2) is 5.75 Å². The zero-order valence-corrected chi connectivity index (χ0v) is 10.2. The van der Waals surface area contributed by atoms with E-state index in [-0.39, 0.29) is 23.6 Å². The third-order valence-electron chi connectivity index (χ3n) is 2.26. The molecule has 0 fully saturated rings. The van der Waals surface area contributed by atoms with Crippen molar-refractivity contribution in [1.82, 2.24) is 0 Å².